The first-order chi connectivity index (χ1) is 20.1. The predicted molar refractivity (Wildman–Crippen MR) is 147 cm³/mol. The van der Waals surface area contributed by atoms with E-state index in [0.717, 1.165) is 0 Å². The topological polar surface area (TPSA) is 238 Å². The zero-order chi connectivity index (χ0) is 31.6. The Morgan fingerprint density at radius 2 is 0.881 bits per heavy atom. The summed E-state index contributed by atoms with van der Waals surface area (Å²) in [4.78, 5) is 12.1. The molecule has 0 aromatic carbocycles. The fourth-order valence-corrected chi connectivity index (χ4v) is 3.54. The highest BCUT2D eigenvalue weighted by Crippen LogP contribution is 2.10. The van der Waals surface area contributed by atoms with Crippen LogP contribution in [0.5, 0.6) is 0 Å². The van der Waals surface area contributed by atoms with Crippen molar-refractivity contribution in [2.24, 2.45) is 0 Å². The van der Waals surface area contributed by atoms with Crippen molar-refractivity contribution in [3.05, 3.63) is 0 Å². The third-order valence-electron chi connectivity index (χ3n) is 5.89. The molecule has 0 saturated carbocycles. The van der Waals surface area contributed by atoms with Crippen LogP contribution in [-0.4, -0.2) is 194 Å². The first-order valence-electron chi connectivity index (χ1n) is 14.2. The maximum Gasteiger partial charge on any atom is 0.302 e. The molecule has 16 heteroatoms. The van der Waals surface area contributed by atoms with E-state index in [2.05, 4.69) is 0 Å². The number of hydrogen-bond donors (Lipinski definition) is 8. The molecule has 0 rings (SSSR count). The van der Waals surface area contributed by atoms with Gasteiger partial charge in [-0.2, -0.15) is 0 Å². The van der Waals surface area contributed by atoms with Gasteiger partial charge in [-0.3, -0.25) is 9.69 Å². The third-order valence-corrected chi connectivity index (χ3v) is 5.89. The molecule has 42 heavy (non-hydrogen) atoms. The monoisotopic (exact) mass is 619 g/mol. The van der Waals surface area contributed by atoms with Gasteiger partial charge in [0.15, 0.2) is 0 Å². The second-order valence-electron chi connectivity index (χ2n) is 9.44. The van der Waals surface area contributed by atoms with Gasteiger partial charge in [0.2, 0.25) is 0 Å². The van der Waals surface area contributed by atoms with Crippen LogP contribution in [0, 0.1) is 0 Å². The van der Waals surface area contributed by atoms with Crippen molar-refractivity contribution < 1.29 is 74.1 Å². The van der Waals surface area contributed by atoms with E-state index in [1.807, 2.05) is 0 Å². The SMILES string of the molecule is CC(=O)OCCOCCOCCOCCOCCOCCN(CC(O)C(O)C(O)CCO)CC(O)C(O)C(O)CCO. The van der Waals surface area contributed by atoms with Crippen LogP contribution in [0.2, 0.25) is 0 Å². The molecule has 0 aliphatic rings. The Balaban J connectivity index is 4.14. The molecule has 0 aromatic rings. The van der Waals surface area contributed by atoms with E-state index in [0.29, 0.717) is 46.2 Å². The Hall–Kier alpha value is -1.09. The molecule has 0 radical (unpaired) electrons. The first kappa shape index (κ1) is 40.9. The summed E-state index contributed by atoms with van der Waals surface area (Å²) in [7, 11) is 0. The summed E-state index contributed by atoms with van der Waals surface area (Å²) in [5.74, 6) is -0.348. The molecule has 0 spiro atoms. The molecule has 6 atom stereocenters. The third kappa shape index (κ3) is 22.4. The number of hydrogen-bond acceptors (Lipinski definition) is 16. The fraction of sp³-hybridized carbons (Fsp3) is 0.962. The maximum atomic E-state index is 10.6. The summed E-state index contributed by atoms with van der Waals surface area (Å²) < 4.78 is 31.6. The van der Waals surface area contributed by atoms with Crippen LogP contribution in [0.4, 0.5) is 0 Å². The van der Waals surface area contributed by atoms with Crippen molar-refractivity contribution in [2.75, 3.05) is 106 Å². The quantitative estimate of drug-likeness (QED) is 0.0281. The van der Waals surface area contributed by atoms with E-state index in [9.17, 15) is 35.4 Å². The van der Waals surface area contributed by atoms with Crippen molar-refractivity contribution >= 4 is 5.97 Å². The molecule has 0 bridgehead atoms. The standard InChI is InChI=1S/C26H53NO15/c1-20(30)42-17-16-41-15-14-40-13-12-39-11-10-38-9-8-37-7-4-27(18-23(33)25(35)21(31)2-5-28)19-24(34)26(36)22(32)3-6-29/h21-26,28-29,31-36H,2-19H2,1H3. The number of rotatable bonds is 30. The average molecular weight is 620 g/mol. The van der Waals surface area contributed by atoms with Crippen LogP contribution in [0.25, 0.3) is 0 Å². The molecule has 0 fully saturated rings. The van der Waals surface area contributed by atoms with Gasteiger partial charge in [-0.15, -0.1) is 0 Å². The number of ether oxygens (including phenoxy) is 6. The second-order valence-corrected chi connectivity index (χ2v) is 9.44. The molecule has 0 aromatic heterocycles. The van der Waals surface area contributed by atoms with Crippen LogP contribution in [0.15, 0.2) is 0 Å². The van der Waals surface area contributed by atoms with Crippen LogP contribution in [0.1, 0.15) is 19.8 Å². The normalized spacial score (nSPS) is 16.2. The summed E-state index contributed by atoms with van der Waals surface area (Å²) in [5, 5.41) is 78.4. The Labute approximate surface area is 247 Å². The zero-order valence-electron chi connectivity index (χ0n) is 24.6. The van der Waals surface area contributed by atoms with E-state index in [-0.39, 0.29) is 78.1 Å². The lowest BCUT2D eigenvalue weighted by Gasteiger charge is -2.32. The highest BCUT2D eigenvalue weighted by Gasteiger charge is 2.30. The number of carbonyl (C=O) groups excluding carboxylic acids is 1. The van der Waals surface area contributed by atoms with Crippen molar-refractivity contribution in [1.82, 2.24) is 4.90 Å². The van der Waals surface area contributed by atoms with Gasteiger partial charge in [0.1, 0.15) is 18.8 Å². The number of aliphatic hydroxyl groups is 8. The fourth-order valence-electron chi connectivity index (χ4n) is 3.54. The zero-order valence-corrected chi connectivity index (χ0v) is 24.6. The van der Waals surface area contributed by atoms with Gasteiger partial charge in [0, 0.05) is 39.8 Å². The van der Waals surface area contributed by atoms with Crippen LogP contribution in [-0.2, 0) is 33.2 Å². The van der Waals surface area contributed by atoms with E-state index in [1.165, 1.54) is 11.8 Å². The molecule has 16 nitrogen and oxygen atoms in total. The van der Waals surface area contributed by atoms with Gasteiger partial charge in [-0.05, 0) is 12.8 Å². The molecule has 0 amide bonds. The number of esters is 1. The van der Waals surface area contributed by atoms with Gasteiger partial charge in [-0.25, -0.2) is 0 Å². The van der Waals surface area contributed by atoms with Crippen molar-refractivity contribution in [1.29, 1.82) is 0 Å². The van der Waals surface area contributed by atoms with Gasteiger partial charge in [0.05, 0.1) is 90.5 Å². The van der Waals surface area contributed by atoms with Crippen LogP contribution < -0.4 is 0 Å². The van der Waals surface area contributed by atoms with Crippen molar-refractivity contribution in [3.8, 4) is 0 Å². The van der Waals surface area contributed by atoms with E-state index >= 15 is 0 Å². The predicted octanol–water partition coefficient (Wildman–Crippen LogP) is -4.14. The molecule has 0 aliphatic carbocycles. The summed E-state index contributed by atoms with van der Waals surface area (Å²) in [5.41, 5.74) is 0. The smallest absolute Gasteiger partial charge is 0.302 e. The summed E-state index contributed by atoms with van der Waals surface area (Å²) >= 11 is 0. The number of aliphatic hydroxyl groups excluding tert-OH is 8. The average Bonchev–Trinajstić information content (AvgIpc) is 2.95. The van der Waals surface area contributed by atoms with E-state index in [4.69, 9.17) is 38.6 Å². The summed E-state index contributed by atoms with van der Waals surface area (Å²) in [6.07, 6.45) is -8.95. The first-order valence-corrected chi connectivity index (χ1v) is 14.2. The highest BCUT2D eigenvalue weighted by atomic mass is 16.6. The molecule has 0 saturated heterocycles. The highest BCUT2D eigenvalue weighted by molar-refractivity contribution is 5.65. The molecule has 6 unspecified atom stereocenters. The van der Waals surface area contributed by atoms with Gasteiger partial charge in [-0.1, -0.05) is 0 Å². The van der Waals surface area contributed by atoms with Crippen LogP contribution >= 0.6 is 0 Å². The van der Waals surface area contributed by atoms with Gasteiger partial charge in [0.25, 0.3) is 0 Å². The minimum Gasteiger partial charge on any atom is -0.463 e. The Kier molecular flexibility index (Phi) is 26.7. The number of nitrogens with zero attached hydrogens (tertiary/aromatic N) is 1. The summed E-state index contributed by atoms with van der Waals surface area (Å²) in [6.45, 7) is 3.81. The second kappa shape index (κ2) is 27.5. The molecule has 8 N–H and O–H groups in total. The molecular formula is C26H53NO15. The lowest BCUT2D eigenvalue weighted by atomic mass is 10.0. The molecular weight excluding hydrogens is 566 g/mol. The maximum absolute atomic E-state index is 10.6. The lowest BCUT2D eigenvalue weighted by Crippen LogP contribution is -2.50. The molecule has 252 valence electrons. The van der Waals surface area contributed by atoms with Gasteiger partial charge >= 0.3 is 5.97 Å². The lowest BCUT2D eigenvalue weighted by molar-refractivity contribution is -0.142. The number of carbonyl (C=O) groups is 1. The van der Waals surface area contributed by atoms with Crippen molar-refractivity contribution in [3.63, 3.8) is 0 Å². The Morgan fingerprint density at radius 1 is 0.548 bits per heavy atom. The van der Waals surface area contributed by atoms with E-state index in [1.54, 1.807) is 0 Å². The van der Waals surface area contributed by atoms with Crippen LogP contribution in [0.3, 0.4) is 0 Å². The molecule has 0 heterocycles. The Bertz CT molecular complexity index is 594. The minimum absolute atomic E-state index is 0.133. The molecule has 0 aliphatic heterocycles. The Morgan fingerprint density at radius 3 is 1.21 bits per heavy atom. The largest absolute Gasteiger partial charge is 0.463 e. The van der Waals surface area contributed by atoms with Gasteiger partial charge < -0.3 is 69.3 Å². The van der Waals surface area contributed by atoms with Crippen molar-refractivity contribution in [2.45, 2.75) is 56.4 Å². The van der Waals surface area contributed by atoms with E-state index < -0.39 is 36.6 Å². The minimum atomic E-state index is -1.55. The summed E-state index contributed by atoms with van der Waals surface area (Å²) in [6, 6.07) is 0.